The van der Waals surface area contributed by atoms with E-state index in [0.717, 1.165) is 55.6 Å². The number of nitrogens with zero attached hydrogens (tertiary/aromatic N) is 8. The van der Waals surface area contributed by atoms with Crippen molar-refractivity contribution >= 4 is 43.2 Å². The van der Waals surface area contributed by atoms with E-state index in [2.05, 4.69) is 107 Å². The molecular weight excluding hydrogens is 713 g/mol. The van der Waals surface area contributed by atoms with Crippen LogP contribution in [0.5, 0.6) is 0 Å². The molecule has 6 aromatic heterocycles. The molecule has 0 aliphatic heterocycles. The van der Waals surface area contributed by atoms with Gasteiger partial charge in [-0.05, 0) is 76.1 Å². The molecular formula is C50H30N8. The van der Waals surface area contributed by atoms with Crippen molar-refractivity contribution in [1.29, 1.82) is 0 Å². The molecule has 270 valence electrons. The topological polar surface area (TPSA) is 103 Å². The summed E-state index contributed by atoms with van der Waals surface area (Å²) >= 11 is 0. The number of fused-ring (bicyclic) bond motifs is 8. The van der Waals surface area contributed by atoms with Gasteiger partial charge in [-0.2, -0.15) is 0 Å². The van der Waals surface area contributed by atoms with Gasteiger partial charge in [0.2, 0.25) is 0 Å². The van der Waals surface area contributed by atoms with E-state index in [0.29, 0.717) is 28.9 Å². The zero-order valence-electron chi connectivity index (χ0n) is 30.9. The highest BCUT2D eigenvalue weighted by Gasteiger charge is 2.19. The number of hydrogen-bond acceptors (Lipinski definition) is 8. The Hall–Kier alpha value is -8.10. The molecule has 6 heterocycles. The maximum Gasteiger partial charge on any atom is 0.182 e. The van der Waals surface area contributed by atoms with E-state index in [9.17, 15) is 0 Å². The molecule has 0 atom stereocenters. The maximum atomic E-state index is 5.33. The predicted octanol–water partition coefficient (Wildman–Crippen LogP) is 11.5. The maximum absolute atomic E-state index is 5.33. The third-order valence-electron chi connectivity index (χ3n) is 10.5. The van der Waals surface area contributed by atoms with E-state index in [-0.39, 0.29) is 0 Å². The first kappa shape index (κ1) is 33.3. The summed E-state index contributed by atoms with van der Waals surface area (Å²) in [6.07, 6.45) is 7.13. The monoisotopic (exact) mass is 742 g/mol. The first-order valence-corrected chi connectivity index (χ1v) is 19.0. The zero-order valence-corrected chi connectivity index (χ0v) is 30.9. The van der Waals surface area contributed by atoms with Gasteiger partial charge in [0.15, 0.2) is 17.5 Å². The van der Waals surface area contributed by atoms with E-state index in [4.69, 9.17) is 29.9 Å². The van der Waals surface area contributed by atoms with Crippen molar-refractivity contribution in [2.75, 3.05) is 0 Å². The second-order valence-electron chi connectivity index (χ2n) is 14.0. The summed E-state index contributed by atoms with van der Waals surface area (Å²) in [7, 11) is 0. The van der Waals surface area contributed by atoms with Crippen LogP contribution in [0.15, 0.2) is 183 Å². The number of aromatic nitrogens is 8. The van der Waals surface area contributed by atoms with Crippen LogP contribution in [0.3, 0.4) is 0 Å². The van der Waals surface area contributed by atoms with Gasteiger partial charge in [-0.3, -0.25) is 19.9 Å². The van der Waals surface area contributed by atoms with Gasteiger partial charge in [-0.15, -0.1) is 0 Å². The minimum absolute atomic E-state index is 0.438. The van der Waals surface area contributed by atoms with Crippen molar-refractivity contribution in [3.05, 3.63) is 183 Å². The van der Waals surface area contributed by atoms with E-state index in [1.54, 1.807) is 24.8 Å². The van der Waals surface area contributed by atoms with Crippen molar-refractivity contribution in [2.45, 2.75) is 0 Å². The van der Waals surface area contributed by atoms with Crippen LogP contribution in [-0.2, 0) is 0 Å². The zero-order chi connectivity index (χ0) is 38.4. The minimum atomic E-state index is 0.438. The van der Waals surface area contributed by atoms with Gasteiger partial charge in [0.05, 0.1) is 22.6 Å². The van der Waals surface area contributed by atoms with Crippen LogP contribution >= 0.6 is 0 Å². The van der Waals surface area contributed by atoms with Crippen molar-refractivity contribution < 1.29 is 0 Å². The Morgan fingerprint density at radius 3 is 1.28 bits per heavy atom. The predicted molar refractivity (Wildman–Crippen MR) is 231 cm³/mol. The lowest BCUT2D eigenvalue weighted by atomic mass is 9.90. The molecule has 11 aromatic rings. The Labute approximate surface area is 332 Å². The van der Waals surface area contributed by atoms with Crippen LogP contribution in [0.4, 0.5) is 0 Å². The highest BCUT2D eigenvalue weighted by Crippen LogP contribution is 2.43. The third kappa shape index (κ3) is 5.79. The van der Waals surface area contributed by atoms with Crippen LogP contribution in [-0.4, -0.2) is 39.9 Å². The Balaban J connectivity index is 1.05. The highest BCUT2D eigenvalue weighted by molar-refractivity contribution is 6.33. The Kier molecular flexibility index (Phi) is 7.96. The lowest BCUT2D eigenvalue weighted by Gasteiger charge is -2.16. The van der Waals surface area contributed by atoms with E-state index in [1.165, 1.54) is 26.9 Å². The highest BCUT2D eigenvalue weighted by atomic mass is 15.1. The van der Waals surface area contributed by atoms with Gasteiger partial charge in [-0.1, -0.05) is 103 Å². The molecule has 0 saturated carbocycles. The van der Waals surface area contributed by atoms with E-state index in [1.807, 2.05) is 60.7 Å². The molecule has 0 aliphatic rings. The number of rotatable bonds is 6. The van der Waals surface area contributed by atoms with Crippen molar-refractivity contribution in [2.24, 2.45) is 0 Å². The molecule has 8 nitrogen and oxygen atoms in total. The fourth-order valence-corrected chi connectivity index (χ4v) is 7.77. The van der Waals surface area contributed by atoms with E-state index >= 15 is 0 Å². The summed E-state index contributed by atoms with van der Waals surface area (Å²) in [6, 6.07) is 53.5. The van der Waals surface area contributed by atoms with Crippen LogP contribution in [0, 0.1) is 0 Å². The summed E-state index contributed by atoms with van der Waals surface area (Å²) in [4.78, 5) is 38.7. The van der Waals surface area contributed by atoms with Gasteiger partial charge in [0.1, 0.15) is 11.4 Å². The lowest BCUT2D eigenvalue weighted by molar-refractivity contribution is 1.05. The SMILES string of the molecule is c1ccc(-c2ccc(-c3nc(-c4ccc(-c5nc6ccccc6c6c7ccccc7c7ccccc7c56)cc4)nc(-c4ccc(-c5ccccn5)cn4)n3)nc2)nc1. The van der Waals surface area contributed by atoms with Crippen LogP contribution < -0.4 is 0 Å². The standard InChI is InChI=1S/C50H30N8/c1-3-13-37-35(11-1)36-12-2-4-14-38(36)46-45(37)39-15-5-6-18-42(39)55-47(46)31-19-21-32(22-20-31)48-56-49(43-25-23-33(29-53-43)40-16-7-9-27-51-40)58-50(57-48)44-26-24-34(30-54-44)41-17-8-10-28-52-41/h1-30H. The minimum Gasteiger partial charge on any atom is -0.256 e. The van der Waals surface area contributed by atoms with Gasteiger partial charge < -0.3 is 0 Å². The number of para-hydroxylation sites is 1. The molecule has 0 amide bonds. The molecule has 5 aromatic carbocycles. The first-order chi connectivity index (χ1) is 28.7. The third-order valence-corrected chi connectivity index (χ3v) is 10.5. The number of pyridine rings is 5. The normalized spacial score (nSPS) is 11.4. The van der Waals surface area contributed by atoms with Gasteiger partial charge in [-0.25, -0.2) is 19.9 Å². The van der Waals surface area contributed by atoms with Gasteiger partial charge in [0, 0.05) is 63.2 Å². The summed E-state index contributed by atoms with van der Waals surface area (Å²) < 4.78 is 0. The Morgan fingerprint density at radius 2 is 0.741 bits per heavy atom. The van der Waals surface area contributed by atoms with Gasteiger partial charge >= 0.3 is 0 Å². The van der Waals surface area contributed by atoms with Crippen molar-refractivity contribution in [1.82, 2.24) is 39.9 Å². The molecule has 0 N–H and O–H groups in total. The second-order valence-corrected chi connectivity index (χ2v) is 14.0. The molecule has 0 fully saturated rings. The molecule has 8 heteroatoms. The molecule has 0 saturated heterocycles. The Morgan fingerprint density at radius 1 is 0.276 bits per heavy atom. The second kappa shape index (κ2) is 13.9. The first-order valence-electron chi connectivity index (χ1n) is 19.0. The molecule has 0 bridgehead atoms. The van der Waals surface area contributed by atoms with Crippen LogP contribution in [0.25, 0.3) is 111 Å². The smallest absolute Gasteiger partial charge is 0.182 e. The van der Waals surface area contributed by atoms with Crippen molar-refractivity contribution in [3.8, 4) is 68.2 Å². The molecule has 11 rings (SSSR count). The molecule has 0 aliphatic carbocycles. The number of benzene rings is 5. The Bertz CT molecular complexity index is 3200. The quantitative estimate of drug-likeness (QED) is 0.155. The fraction of sp³-hybridized carbons (Fsp3) is 0. The average Bonchev–Trinajstić information content (AvgIpc) is 3.32. The van der Waals surface area contributed by atoms with Crippen molar-refractivity contribution in [3.63, 3.8) is 0 Å². The summed E-state index contributed by atoms with van der Waals surface area (Å²) in [6.45, 7) is 0. The van der Waals surface area contributed by atoms with Gasteiger partial charge in [0.25, 0.3) is 0 Å². The summed E-state index contributed by atoms with van der Waals surface area (Å²) in [5, 5.41) is 8.28. The molecule has 58 heavy (non-hydrogen) atoms. The summed E-state index contributed by atoms with van der Waals surface area (Å²) in [5.74, 6) is 1.38. The fourth-order valence-electron chi connectivity index (χ4n) is 7.77. The average molecular weight is 743 g/mol. The largest absolute Gasteiger partial charge is 0.256 e. The summed E-state index contributed by atoms with van der Waals surface area (Å²) in [5.41, 5.74) is 8.38. The molecule has 0 unspecified atom stereocenters. The lowest BCUT2D eigenvalue weighted by Crippen LogP contribution is -2.02. The molecule has 0 spiro atoms. The molecule has 0 radical (unpaired) electrons. The van der Waals surface area contributed by atoms with E-state index < -0.39 is 0 Å². The van der Waals surface area contributed by atoms with Crippen LogP contribution in [0.1, 0.15) is 0 Å². The van der Waals surface area contributed by atoms with Crippen LogP contribution in [0.2, 0.25) is 0 Å². The number of hydrogen-bond donors (Lipinski definition) is 0.